The monoisotopic (exact) mass is 280 g/mol. The second kappa shape index (κ2) is 5.61. The Morgan fingerprint density at radius 2 is 2.11 bits per heavy atom. The van der Waals surface area contributed by atoms with Crippen molar-refractivity contribution in [3.63, 3.8) is 0 Å². The van der Waals surface area contributed by atoms with Crippen molar-refractivity contribution in [2.45, 2.75) is 18.9 Å². The largest absolute Gasteiger partial charge is 0.386 e. The molecule has 1 aromatic heterocycles. The second-order valence-electron chi connectivity index (χ2n) is 5.43. The molecule has 2 heterocycles. The van der Waals surface area contributed by atoms with Crippen LogP contribution in [-0.4, -0.2) is 53.5 Å². The summed E-state index contributed by atoms with van der Waals surface area (Å²) in [5.74, 6) is 0.668. The highest BCUT2D eigenvalue weighted by Crippen LogP contribution is 2.31. The molecule has 5 heteroatoms. The van der Waals surface area contributed by atoms with Gasteiger partial charge >= 0.3 is 0 Å². The van der Waals surface area contributed by atoms with E-state index in [-0.39, 0.29) is 0 Å². The van der Waals surface area contributed by atoms with E-state index >= 15 is 0 Å². The minimum absolute atomic E-state index is 0.322. The Kier molecular flexibility index (Phi) is 3.86. The topological polar surface area (TPSA) is 43.8 Å². The van der Waals surface area contributed by atoms with Crippen LogP contribution >= 0.6 is 11.3 Å². The SMILES string of the molecule is O=C(C1CC1)N1CCN(C[C@@H](O)c2cccs2)CC1. The molecule has 0 radical (unpaired) electrons. The molecule has 1 aliphatic carbocycles. The van der Waals surface area contributed by atoms with E-state index in [0.717, 1.165) is 43.9 Å². The zero-order chi connectivity index (χ0) is 13.2. The van der Waals surface area contributed by atoms with Gasteiger partial charge in [0.2, 0.25) is 5.91 Å². The summed E-state index contributed by atoms with van der Waals surface area (Å²) in [6, 6.07) is 3.94. The normalized spacial score (nSPS) is 22.5. The average molecular weight is 280 g/mol. The van der Waals surface area contributed by atoms with Crippen LogP contribution in [0.1, 0.15) is 23.8 Å². The highest BCUT2D eigenvalue weighted by molar-refractivity contribution is 7.10. The Hall–Kier alpha value is -0.910. The van der Waals surface area contributed by atoms with Gasteiger partial charge in [0.25, 0.3) is 0 Å². The Morgan fingerprint density at radius 1 is 1.37 bits per heavy atom. The van der Waals surface area contributed by atoms with Crippen LogP contribution in [0.5, 0.6) is 0 Å². The summed E-state index contributed by atoms with van der Waals surface area (Å²) in [6.45, 7) is 4.05. The summed E-state index contributed by atoms with van der Waals surface area (Å²) in [4.78, 5) is 17.2. The molecule has 1 aliphatic heterocycles. The van der Waals surface area contributed by atoms with Crippen molar-refractivity contribution in [2.75, 3.05) is 32.7 Å². The third kappa shape index (κ3) is 3.16. The van der Waals surface area contributed by atoms with E-state index in [9.17, 15) is 9.90 Å². The van der Waals surface area contributed by atoms with Gasteiger partial charge in [-0.25, -0.2) is 0 Å². The molecule has 0 aromatic carbocycles. The molecule has 1 amide bonds. The first-order valence-corrected chi connectivity index (χ1v) is 7.84. The van der Waals surface area contributed by atoms with Gasteiger partial charge in [-0.2, -0.15) is 0 Å². The van der Waals surface area contributed by atoms with Crippen LogP contribution < -0.4 is 0 Å². The summed E-state index contributed by atoms with van der Waals surface area (Å²) in [5.41, 5.74) is 0. The number of rotatable bonds is 4. The maximum absolute atomic E-state index is 11.9. The van der Waals surface area contributed by atoms with Gasteiger partial charge < -0.3 is 10.0 Å². The van der Waals surface area contributed by atoms with Gasteiger partial charge in [-0.05, 0) is 24.3 Å². The highest BCUT2D eigenvalue weighted by Gasteiger charge is 2.34. The lowest BCUT2D eigenvalue weighted by Gasteiger charge is -2.35. The Morgan fingerprint density at radius 3 is 2.68 bits per heavy atom. The van der Waals surface area contributed by atoms with Crippen LogP contribution in [0.25, 0.3) is 0 Å². The van der Waals surface area contributed by atoms with Crippen molar-refractivity contribution in [3.05, 3.63) is 22.4 Å². The maximum atomic E-state index is 11.9. The van der Waals surface area contributed by atoms with Gasteiger partial charge in [-0.3, -0.25) is 9.69 Å². The predicted molar refractivity (Wildman–Crippen MR) is 75.0 cm³/mol. The fourth-order valence-corrected chi connectivity index (χ4v) is 3.26. The predicted octanol–water partition coefficient (Wildman–Crippen LogP) is 1.34. The van der Waals surface area contributed by atoms with E-state index in [1.807, 2.05) is 22.4 Å². The fourth-order valence-electron chi connectivity index (χ4n) is 2.55. The van der Waals surface area contributed by atoms with Gasteiger partial charge in [-0.1, -0.05) is 6.07 Å². The fraction of sp³-hybridized carbons (Fsp3) is 0.643. The second-order valence-corrected chi connectivity index (χ2v) is 6.41. The van der Waals surface area contributed by atoms with E-state index in [1.54, 1.807) is 11.3 Å². The summed E-state index contributed by atoms with van der Waals surface area (Å²) < 4.78 is 0. The Labute approximate surface area is 117 Å². The molecule has 0 spiro atoms. The number of nitrogens with zero attached hydrogens (tertiary/aromatic N) is 2. The van der Waals surface area contributed by atoms with E-state index in [4.69, 9.17) is 0 Å². The van der Waals surface area contributed by atoms with E-state index in [0.29, 0.717) is 18.4 Å². The number of aliphatic hydroxyl groups is 1. The number of aliphatic hydroxyl groups excluding tert-OH is 1. The minimum Gasteiger partial charge on any atom is -0.386 e. The molecule has 2 fully saturated rings. The number of amides is 1. The first-order valence-electron chi connectivity index (χ1n) is 6.96. The number of hydrogen-bond acceptors (Lipinski definition) is 4. The van der Waals surface area contributed by atoms with Gasteiger partial charge in [0.15, 0.2) is 0 Å². The summed E-state index contributed by atoms with van der Waals surface area (Å²) in [6.07, 6.45) is 1.76. The summed E-state index contributed by atoms with van der Waals surface area (Å²) >= 11 is 1.60. The van der Waals surface area contributed by atoms with Crippen LogP contribution in [-0.2, 0) is 4.79 Å². The first kappa shape index (κ1) is 13.1. The molecule has 3 rings (SSSR count). The summed E-state index contributed by atoms with van der Waals surface area (Å²) in [7, 11) is 0. The average Bonchev–Trinajstić information content (AvgIpc) is 3.13. The quantitative estimate of drug-likeness (QED) is 0.905. The van der Waals surface area contributed by atoms with E-state index < -0.39 is 6.10 Å². The molecule has 4 nitrogen and oxygen atoms in total. The van der Waals surface area contributed by atoms with Crippen LogP contribution in [0.4, 0.5) is 0 Å². The number of β-amino-alcohol motifs (C(OH)–C–C–N with tert-alkyl or cyclic N) is 1. The van der Waals surface area contributed by atoms with Crippen LogP contribution in [0.2, 0.25) is 0 Å². The third-order valence-corrected chi connectivity index (χ3v) is 4.89. The third-order valence-electron chi connectivity index (χ3n) is 3.91. The van der Waals surface area contributed by atoms with Crippen molar-refractivity contribution in [3.8, 4) is 0 Å². The maximum Gasteiger partial charge on any atom is 0.225 e. The van der Waals surface area contributed by atoms with Gasteiger partial charge in [-0.15, -0.1) is 11.3 Å². The smallest absolute Gasteiger partial charge is 0.225 e. The van der Waals surface area contributed by atoms with Crippen LogP contribution in [0, 0.1) is 5.92 Å². The van der Waals surface area contributed by atoms with E-state index in [2.05, 4.69) is 4.90 Å². The van der Waals surface area contributed by atoms with Gasteiger partial charge in [0.1, 0.15) is 6.10 Å². The standard InChI is InChI=1S/C14H20N2O2S/c17-12(13-2-1-9-19-13)10-15-5-7-16(8-6-15)14(18)11-3-4-11/h1-2,9,11-12,17H,3-8,10H2/t12-/m1/s1. The molecular weight excluding hydrogens is 260 g/mol. The van der Waals surface area contributed by atoms with Crippen LogP contribution in [0.15, 0.2) is 17.5 Å². The van der Waals surface area contributed by atoms with Crippen molar-refractivity contribution < 1.29 is 9.90 Å². The van der Waals surface area contributed by atoms with Crippen molar-refractivity contribution in [1.82, 2.24) is 9.80 Å². The first-order chi connectivity index (χ1) is 9.24. The van der Waals surface area contributed by atoms with Crippen LogP contribution in [0.3, 0.4) is 0 Å². The number of piperazine rings is 1. The lowest BCUT2D eigenvalue weighted by atomic mass is 10.2. The number of carbonyl (C=O) groups is 1. The molecule has 1 saturated heterocycles. The van der Waals surface area contributed by atoms with Crippen molar-refractivity contribution in [2.24, 2.45) is 5.92 Å². The van der Waals surface area contributed by atoms with E-state index in [1.165, 1.54) is 0 Å². The molecule has 1 atom stereocenters. The molecule has 1 saturated carbocycles. The molecular formula is C14H20N2O2S. The molecule has 0 bridgehead atoms. The van der Waals surface area contributed by atoms with Gasteiger partial charge in [0.05, 0.1) is 0 Å². The zero-order valence-electron chi connectivity index (χ0n) is 11.0. The van der Waals surface area contributed by atoms with Gasteiger partial charge in [0, 0.05) is 43.5 Å². The molecule has 1 aromatic rings. The van der Waals surface area contributed by atoms with Crippen molar-refractivity contribution in [1.29, 1.82) is 0 Å². The molecule has 0 unspecified atom stereocenters. The number of thiophene rings is 1. The molecule has 104 valence electrons. The Bertz CT molecular complexity index is 423. The molecule has 19 heavy (non-hydrogen) atoms. The highest BCUT2D eigenvalue weighted by atomic mass is 32.1. The number of hydrogen-bond donors (Lipinski definition) is 1. The molecule has 1 N–H and O–H groups in total. The minimum atomic E-state index is -0.398. The number of carbonyl (C=O) groups excluding carboxylic acids is 1. The lowest BCUT2D eigenvalue weighted by molar-refractivity contribution is -0.134. The lowest BCUT2D eigenvalue weighted by Crippen LogP contribution is -2.50. The zero-order valence-corrected chi connectivity index (χ0v) is 11.8. The molecule has 2 aliphatic rings. The van der Waals surface area contributed by atoms with Crippen molar-refractivity contribution >= 4 is 17.2 Å². The summed E-state index contributed by atoms with van der Waals surface area (Å²) in [5, 5.41) is 12.1. The Balaban J connectivity index is 1.46.